The highest BCUT2D eigenvalue weighted by molar-refractivity contribution is 5.90. The molecule has 7 nitrogen and oxygen atoms in total. The molecular weight excluding hydrogens is 316 g/mol. The number of carbonyl (C=O) groups is 1. The van der Waals surface area contributed by atoms with Gasteiger partial charge in [-0.3, -0.25) is 0 Å². The Morgan fingerprint density at radius 3 is 2.80 bits per heavy atom. The molecule has 7 heteroatoms. The quantitative estimate of drug-likeness (QED) is 0.781. The molecule has 126 valence electrons. The van der Waals surface area contributed by atoms with Crippen LogP contribution in [0.4, 0.5) is 10.5 Å². The SMILES string of the molecule is Cc1ccc(-n2cnnn2)cc1NC(=O)N1CCc2ccccc2C1. The summed E-state index contributed by atoms with van der Waals surface area (Å²) in [6, 6.07) is 13.9. The molecule has 3 aromatic rings. The summed E-state index contributed by atoms with van der Waals surface area (Å²) < 4.78 is 1.56. The van der Waals surface area contributed by atoms with Crippen molar-refractivity contribution in [1.82, 2.24) is 25.1 Å². The number of carbonyl (C=O) groups excluding carboxylic acids is 1. The van der Waals surface area contributed by atoms with E-state index in [0.717, 1.165) is 23.4 Å². The third kappa shape index (κ3) is 3.08. The zero-order chi connectivity index (χ0) is 17.2. The van der Waals surface area contributed by atoms with Crippen molar-refractivity contribution in [2.45, 2.75) is 19.9 Å². The second-order valence-electron chi connectivity index (χ2n) is 6.12. The van der Waals surface area contributed by atoms with Crippen molar-refractivity contribution in [1.29, 1.82) is 0 Å². The minimum atomic E-state index is -0.0912. The summed E-state index contributed by atoms with van der Waals surface area (Å²) in [6.07, 6.45) is 2.41. The Kier molecular flexibility index (Phi) is 3.89. The van der Waals surface area contributed by atoms with E-state index in [1.807, 2.05) is 42.2 Å². The Morgan fingerprint density at radius 1 is 1.16 bits per heavy atom. The maximum atomic E-state index is 12.7. The molecule has 1 aliphatic heterocycles. The number of hydrogen-bond donors (Lipinski definition) is 1. The highest BCUT2D eigenvalue weighted by atomic mass is 16.2. The number of rotatable bonds is 2. The number of nitrogens with one attached hydrogen (secondary N) is 1. The molecule has 1 aromatic heterocycles. The maximum Gasteiger partial charge on any atom is 0.322 e. The van der Waals surface area contributed by atoms with Crippen LogP contribution in [-0.2, 0) is 13.0 Å². The van der Waals surface area contributed by atoms with Gasteiger partial charge in [-0.05, 0) is 52.6 Å². The average molecular weight is 334 g/mol. The Balaban J connectivity index is 1.52. The van der Waals surface area contributed by atoms with E-state index in [-0.39, 0.29) is 6.03 Å². The van der Waals surface area contributed by atoms with Crippen molar-refractivity contribution in [2.75, 3.05) is 11.9 Å². The van der Waals surface area contributed by atoms with Gasteiger partial charge in [0.05, 0.1) is 5.69 Å². The van der Waals surface area contributed by atoms with Gasteiger partial charge in [-0.2, -0.15) is 0 Å². The van der Waals surface area contributed by atoms with Crippen molar-refractivity contribution >= 4 is 11.7 Å². The first kappa shape index (κ1) is 15.3. The van der Waals surface area contributed by atoms with Crippen LogP contribution in [0.1, 0.15) is 16.7 Å². The molecule has 0 bridgehead atoms. The van der Waals surface area contributed by atoms with Crippen molar-refractivity contribution in [2.24, 2.45) is 0 Å². The van der Waals surface area contributed by atoms with Crippen LogP contribution in [0.25, 0.3) is 5.69 Å². The van der Waals surface area contributed by atoms with Crippen molar-refractivity contribution < 1.29 is 4.79 Å². The number of amides is 2. The van der Waals surface area contributed by atoms with Crippen LogP contribution >= 0.6 is 0 Å². The molecule has 25 heavy (non-hydrogen) atoms. The largest absolute Gasteiger partial charge is 0.322 e. The van der Waals surface area contributed by atoms with Gasteiger partial charge in [0.15, 0.2) is 0 Å². The van der Waals surface area contributed by atoms with Crippen LogP contribution in [0.2, 0.25) is 0 Å². The van der Waals surface area contributed by atoms with E-state index >= 15 is 0 Å². The first-order valence-electron chi connectivity index (χ1n) is 8.17. The smallest absolute Gasteiger partial charge is 0.320 e. The summed E-state index contributed by atoms with van der Waals surface area (Å²) in [7, 11) is 0. The Morgan fingerprint density at radius 2 is 2.00 bits per heavy atom. The summed E-state index contributed by atoms with van der Waals surface area (Å²) in [6.45, 7) is 3.31. The molecule has 2 aromatic carbocycles. The molecule has 0 fully saturated rings. The van der Waals surface area contributed by atoms with Gasteiger partial charge in [0, 0.05) is 18.8 Å². The van der Waals surface area contributed by atoms with E-state index in [4.69, 9.17) is 0 Å². The maximum absolute atomic E-state index is 12.7. The van der Waals surface area contributed by atoms with Crippen LogP contribution in [0.15, 0.2) is 48.8 Å². The molecule has 2 heterocycles. The van der Waals surface area contributed by atoms with E-state index in [0.29, 0.717) is 13.1 Å². The molecular formula is C18H18N6O. The fraction of sp³-hybridized carbons (Fsp3) is 0.222. The van der Waals surface area contributed by atoms with Crippen molar-refractivity contribution in [3.63, 3.8) is 0 Å². The zero-order valence-corrected chi connectivity index (χ0v) is 13.9. The number of fused-ring (bicyclic) bond motifs is 1. The summed E-state index contributed by atoms with van der Waals surface area (Å²) >= 11 is 0. The van der Waals surface area contributed by atoms with Gasteiger partial charge in [-0.25, -0.2) is 9.48 Å². The number of benzene rings is 2. The van der Waals surface area contributed by atoms with Gasteiger partial charge in [-0.1, -0.05) is 30.3 Å². The van der Waals surface area contributed by atoms with Crippen LogP contribution in [0, 0.1) is 6.92 Å². The number of urea groups is 1. The lowest BCUT2D eigenvalue weighted by Gasteiger charge is -2.29. The molecule has 0 radical (unpaired) electrons. The van der Waals surface area contributed by atoms with E-state index in [9.17, 15) is 4.79 Å². The molecule has 0 unspecified atom stereocenters. The number of aryl methyl sites for hydroxylation is 1. The van der Waals surface area contributed by atoms with E-state index in [2.05, 4.69) is 33.0 Å². The van der Waals surface area contributed by atoms with E-state index in [1.165, 1.54) is 17.5 Å². The monoisotopic (exact) mass is 334 g/mol. The lowest BCUT2D eigenvalue weighted by Crippen LogP contribution is -2.39. The Bertz CT molecular complexity index is 906. The normalized spacial score (nSPS) is 13.4. The zero-order valence-electron chi connectivity index (χ0n) is 13.9. The number of tetrazole rings is 1. The lowest BCUT2D eigenvalue weighted by molar-refractivity contribution is 0.206. The van der Waals surface area contributed by atoms with Gasteiger partial charge >= 0.3 is 6.03 Å². The third-order valence-electron chi connectivity index (χ3n) is 4.49. The average Bonchev–Trinajstić information content (AvgIpc) is 3.18. The summed E-state index contributed by atoms with van der Waals surface area (Å²) in [5.74, 6) is 0. The topological polar surface area (TPSA) is 75.9 Å². The predicted molar refractivity (Wildman–Crippen MR) is 93.5 cm³/mol. The van der Waals surface area contributed by atoms with Gasteiger partial charge in [0.1, 0.15) is 6.33 Å². The number of nitrogens with zero attached hydrogens (tertiary/aromatic N) is 5. The van der Waals surface area contributed by atoms with Crippen LogP contribution < -0.4 is 5.32 Å². The van der Waals surface area contributed by atoms with Crippen LogP contribution in [0.3, 0.4) is 0 Å². The highest BCUT2D eigenvalue weighted by Crippen LogP contribution is 2.22. The van der Waals surface area contributed by atoms with Gasteiger partial charge in [0.2, 0.25) is 0 Å². The lowest BCUT2D eigenvalue weighted by atomic mass is 10.0. The second-order valence-corrected chi connectivity index (χ2v) is 6.12. The molecule has 1 aliphatic rings. The third-order valence-corrected chi connectivity index (χ3v) is 4.49. The molecule has 4 rings (SSSR count). The molecule has 0 saturated heterocycles. The number of hydrogen-bond acceptors (Lipinski definition) is 4. The summed E-state index contributed by atoms with van der Waals surface area (Å²) in [5, 5.41) is 14.2. The highest BCUT2D eigenvalue weighted by Gasteiger charge is 2.20. The summed E-state index contributed by atoms with van der Waals surface area (Å²) in [5.41, 5.74) is 5.08. The Labute approximate surface area is 145 Å². The molecule has 0 saturated carbocycles. The summed E-state index contributed by atoms with van der Waals surface area (Å²) in [4.78, 5) is 14.5. The molecule has 0 atom stereocenters. The van der Waals surface area contributed by atoms with E-state index < -0.39 is 0 Å². The first-order valence-corrected chi connectivity index (χ1v) is 8.17. The van der Waals surface area contributed by atoms with Gasteiger partial charge in [-0.15, -0.1) is 5.10 Å². The fourth-order valence-corrected chi connectivity index (χ4v) is 3.03. The van der Waals surface area contributed by atoms with Crippen LogP contribution in [0.5, 0.6) is 0 Å². The van der Waals surface area contributed by atoms with Gasteiger partial charge in [0.25, 0.3) is 0 Å². The van der Waals surface area contributed by atoms with Gasteiger partial charge < -0.3 is 10.2 Å². The predicted octanol–water partition coefficient (Wildman–Crippen LogP) is 2.56. The minimum absolute atomic E-state index is 0.0912. The molecule has 1 N–H and O–H groups in total. The number of aromatic nitrogens is 4. The molecule has 0 spiro atoms. The van der Waals surface area contributed by atoms with E-state index in [1.54, 1.807) is 4.68 Å². The second kappa shape index (κ2) is 6.35. The first-order chi connectivity index (χ1) is 12.2. The van der Waals surface area contributed by atoms with Crippen LogP contribution in [-0.4, -0.2) is 37.7 Å². The Hall–Kier alpha value is -3.22. The number of anilines is 1. The molecule has 2 amide bonds. The fourth-order valence-electron chi connectivity index (χ4n) is 3.03. The minimum Gasteiger partial charge on any atom is -0.320 e. The van der Waals surface area contributed by atoms with Crippen molar-refractivity contribution in [3.8, 4) is 5.69 Å². The van der Waals surface area contributed by atoms with Crippen molar-refractivity contribution in [3.05, 3.63) is 65.5 Å². The molecule has 0 aliphatic carbocycles. The standard InChI is InChI=1S/C18H18N6O/c1-13-6-7-16(24-12-19-21-22-24)10-17(13)20-18(25)23-9-8-14-4-2-3-5-15(14)11-23/h2-7,10,12H,8-9,11H2,1H3,(H,20,25).